The third-order valence-corrected chi connectivity index (χ3v) is 7.25. The van der Waals surface area contributed by atoms with E-state index in [9.17, 15) is 19.8 Å². The minimum atomic E-state index is -1.15. The first kappa shape index (κ1) is 20.8. The van der Waals surface area contributed by atoms with Crippen molar-refractivity contribution in [3.05, 3.63) is 71.1 Å². The van der Waals surface area contributed by atoms with Crippen LogP contribution in [0.2, 0.25) is 0 Å². The normalized spacial score (nSPS) is 27.4. The van der Waals surface area contributed by atoms with Gasteiger partial charge >= 0.3 is 5.97 Å². The molecule has 6 nitrogen and oxygen atoms in total. The smallest absolute Gasteiger partial charge is 0.326 e. The largest absolute Gasteiger partial charge is 0.480 e. The second-order valence-corrected chi connectivity index (χ2v) is 10.1. The second kappa shape index (κ2) is 6.94. The van der Waals surface area contributed by atoms with Crippen LogP contribution in [0.5, 0.6) is 0 Å². The molecule has 1 fully saturated rings. The zero-order valence-corrected chi connectivity index (χ0v) is 18.6. The summed E-state index contributed by atoms with van der Waals surface area (Å²) in [6, 6.07) is 6.98. The van der Waals surface area contributed by atoms with Gasteiger partial charge in [-0.05, 0) is 36.0 Å². The van der Waals surface area contributed by atoms with E-state index in [1.165, 1.54) is 0 Å². The van der Waals surface area contributed by atoms with Gasteiger partial charge in [0, 0.05) is 53.3 Å². The lowest BCUT2D eigenvalue weighted by atomic mass is 9.67. The van der Waals surface area contributed by atoms with Crippen LogP contribution in [-0.4, -0.2) is 50.0 Å². The number of Topliss-reactive ketones (excluding diaryl/α,β-unsaturated/α-hetero) is 1. The van der Waals surface area contributed by atoms with Crippen LogP contribution in [-0.2, 0) is 16.0 Å². The minimum absolute atomic E-state index is 0.0979. The topological polar surface area (TPSA) is 93.6 Å². The number of rotatable bonds is 4. The molecule has 0 radical (unpaired) electrons. The summed E-state index contributed by atoms with van der Waals surface area (Å²) in [6.45, 7) is 6.25. The van der Waals surface area contributed by atoms with E-state index in [0.29, 0.717) is 36.1 Å². The van der Waals surface area contributed by atoms with Crippen LogP contribution in [0.3, 0.4) is 0 Å². The molecule has 1 aliphatic heterocycles. The molecule has 3 atom stereocenters. The van der Waals surface area contributed by atoms with Gasteiger partial charge in [-0.15, -0.1) is 0 Å². The number of aromatic nitrogens is 1. The summed E-state index contributed by atoms with van der Waals surface area (Å²) in [6.07, 6.45) is 8.34. The molecule has 2 aromatic rings. The number of aliphatic carboxylic acids is 1. The van der Waals surface area contributed by atoms with E-state index in [2.05, 4.69) is 18.8 Å². The van der Waals surface area contributed by atoms with Crippen molar-refractivity contribution in [3.63, 3.8) is 0 Å². The number of para-hydroxylation sites is 1. The maximum absolute atomic E-state index is 13.4. The molecule has 0 saturated heterocycles. The van der Waals surface area contributed by atoms with Gasteiger partial charge in [-0.3, -0.25) is 4.79 Å². The Labute approximate surface area is 186 Å². The number of ketones is 1. The van der Waals surface area contributed by atoms with E-state index in [1.807, 2.05) is 42.6 Å². The summed E-state index contributed by atoms with van der Waals surface area (Å²) in [5.41, 5.74) is 2.25. The van der Waals surface area contributed by atoms with Crippen molar-refractivity contribution in [2.24, 2.45) is 11.3 Å². The maximum atomic E-state index is 13.4. The van der Waals surface area contributed by atoms with Gasteiger partial charge in [0.1, 0.15) is 6.04 Å². The number of allylic oxidation sites excluding steroid dienone is 1. The van der Waals surface area contributed by atoms with Gasteiger partial charge < -0.3 is 20.1 Å². The molecule has 0 spiro atoms. The van der Waals surface area contributed by atoms with Crippen molar-refractivity contribution in [1.29, 1.82) is 0 Å². The highest BCUT2D eigenvalue weighted by Gasteiger charge is 2.53. The number of carboxylic acids is 1. The molecule has 32 heavy (non-hydrogen) atoms. The van der Waals surface area contributed by atoms with Crippen LogP contribution in [0.25, 0.3) is 10.9 Å². The van der Waals surface area contributed by atoms with Gasteiger partial charge in [0.15, 0.2) is 5.78 Å². The first-order valence-electron chi connectivity index (χ1n) is 11.0. The van der Waals surface area contributed by atoms with Gasteiger partial charge in [-0.2, -0.15) is 0 Å². The Bertz CT molecular complexity index is 1230. The van der Waals surface area contributed by atoms with E-state index >= 15 is 0 Å². The maximum Gasteiger partial charge on any atom is 0.326 e. The van der Waals surface area contributed by atoms with Crippen LogP contribution in [0.1, 0.15) is 32.8 Å². The third-order valence-electron chi connectivity index (χ3n) is 7.25. The zero-order valence-electron chi connectivity index (χ0n) is 18.6. The molecule has 2 heterocycles. The third kappa shape index (κ3) is 3.13. The number of benzene rings is 1. The average molecular weight is 433 g/mol. The number of H-pyrrole nitrogens is 1. The van der Waals surface area contributed by atoms with E-state index in [1.54, 1.807) is 18.0 Å². The van der Waals surface area contributed by atoms with Crippen LogP contribution in [0.15, 0.2) is 65.5 Å². The SMILES string of the molecule is CC1(C)C=C2C(=O)C3=CN([C@@H](Cc4c[nH]c5ccccc45)C(=O)O)CC=C3[C@](C)(O)[C@H]2C1. The molecular formula is C26H28N2O4. The monoisotopic (exact) mass is 432 g/mol. The number of carbonyl (C=O) groups is 2. The summed E-state index contributed by atoms with van der Waals surface area (Å²) in [4.78, 5) is 30.5. The number of aromatic amines is 1. The van der Waals surface area contributed by atoms with Crippen molar-refractivity contribution in [1.82, 2.24) is 9.88 Å². The molecule has 1 saturated carbocycles. The van der Waals surface area contributed by atoms with Gasteiger partial charge in [0.25, 0.3) is 0 Å². The zero-order chi connectivity index (χ0) is 22.8. The molecule has 1 aromatic carbocycles. The van der Waals surface area contributed by atoms with E-state index in [4.69, 9.17) is 0 Å². The van der Waals surface area contributed by atoms with Crippen LogP contribution in [0.4, 0.5) is 0 Å². The highest BCUT2D eigenvalue weighted by atomic mass is 16.4. The Morgan fingerprint density at radius 3 is 2.78 bits per heavy atom. The van der Waals surface area contributed by atoms with Crippen LogP contribution < -0.4 is 0 Å². The first-order chi connectivity index (χ1) is 15.1. The predicted molar refractivity (Wildman–Crippen MR) is 122 cm³/mol. The molecule has 3 aliphatic rings. The Balaban J connectivity index is 1.50. The number of aliphatic hydroxyl groups is 1. The molecule has 166 valence electrons. The molecule has 5 rings (SSSR count). The molecule has 6 heteroatoms. The summed E-state index contributed by atoms with van der Waals surface area (Å²) in [5.74, 6) is -1.28. The standard InChI is InChI=1S/C26H28N2O4/c1-25(2)11-17-20(12-25)26(3,32)19-8-9-28(14-18(19)23(17)29)22(24(30)31)10-15-13-27-21-7-5-4-6-16(15)21/h4-8,11,13-14,20,22,27,32H,9-10,12H2,1-3H3,(H,30,31)/t20-,22-,26-/m0/s1. The fourth-order valence-corrected chi connectivity index (χ4v) is 5.61. The lowest BCUT2D eigenvalue weighted by molar-refractivity contribution is -0.142. The first-order valence-corrected chi connectivity index (χ1v) is 11.0. The number of carboxylic acid groups (broad SMARTS) is 1. The van der Waals surface area contributed by atoms with Gasteiger partial charge in [0.2, 0.25) is 0 Å². The van der Waals surface area contributed by atoms with E-state index in [0.717, 1.165) is 16.5 Å². The predicted octanol–water partition coefficient (Wildman–Crippen LogP) is 3.60. The summed E-state index contributed by atoms with van der Waals surface area (Å²) in [7, 11) is 0. The van der Waals surface area contributed by atoms with Gasteiger partial charge in [-0.1, -0.05) is 44.2 Å². The Hall–Kier alpha value is -3.12. The minimum Gasteiger partial charge on any atom is -0.480 e. The van der Waals surface area contributed by atoms with Crippen LogP contribution in [0, 0.1) is 11.3 Å². The molecule has 0 amide bonds. The highest BCUT2D eigenvalue weighted by Crippen LogP contribution is 2.53. The molecule has 3 N–H and O–H groups in total. The average Bonchev–Trinajstić information content (AvgIpc) is 3.31. The van der Waals surface area contributed by atoms with Crippen molar-refractivity contribution in [3.8, 4) is 0 Å². The summed E-state index contributed by atoms with van der Waals surface area (Å²) < 4.78 is 0. The number of carbonyl (C=O) groups excluding carboxylic acids is 1. The quantitative estimate of drug-likeness (QED) is 0.687. The Morgan fingerprint density at radius 2 is 2.03 bits per heavy atom. The van der Waals surface area contributed by atoms with E-state index < -0.39 is 17.6 Å². The number of hydrogen-bond donors (Lipinski definition) is 3. The molecule has 0 bridgehead atoms. The van der Waals surface area contributed by atoms with Gasteiger partial charge in [0.05, 0.1) is 5.60 Å². The van der Waals surface area contributed by atoms with Crippen LogP contribution >= 0.6 is 0 Å². The fourth-order valence-electron chi connectivity index (χ4n) is 5.61. The van der Waals surface area contributed by atoms with E-state index in [-0.39, 0.29) is 17.1 Å². The number of nitrogens with one attached hydrogen (secondary N) is 1. The molecule has 2 aliphatic carbocycles. The number of hydrogen-bond acceptors (Lipinski definition) is 4. The summed E-state index contributed by atoms with van der Waals surface area (Å²) >= 11 is 0. The van der Waals surface area contributed by atoms with Crippen molar-refractivity contribution in [2.75, 3.05) is 6.54 Å². The number of nitrogens with zero attached hydrogens (tertiary/aromatic N) is 1. The highest BCUT2D eigenvalue weighted by molar-refractivity contribution is 6.14. The van der Waals surface area contributed by atoms with Crippen molar-refractivity contribution in [2.45, 2.75) is 45.3 Å². The summed E-state index contributed by atoms with van der Waals surface area (Å²) in [5, 5.41) is 22.4. The Kier molecular flexibility index (Phi) is 4.50. The lowest BCUT2D eigenvalue weighted by Gasteiger charge is -2.43. The molecule has 1 aromatic heterocycles. The Morgan fingerprint density at radius 1 is 1.28 bits per heavy atom. The fraction of sp³-hybridized carbons (Fsp3) is 0.385. The number of fused-ring (bicyclic) bond motifs is 3. The molecule has 0 unspecified atom stereocenters. The molecular weight excluding hydrogens is 404 g/mol. The van der Waals surface area contributed by atoms with Crippen molar-refractivity contribution >= 4 is 22.7 Å². The second-order valence-electron chi connectivity index (χ2n) is 10.1. The van der Waals surface area contributed by atoms with Gasteiger partial charge in [-0.25, -0.2) is 4.79 Å². The lowest BCUT2D eigenvalue weighted by Crippen LogP contribution is -2.48. The van der Waals surface area contributed by atoms with Crippen molar-refractivity contribution < 1.29 is 19.8 Å².